The van der Waals surface area contributed by atoms with Crippen molar-refractivity contribution < 1.29 is 12.3 Å². The molecule has 0 aromatic carbocycles. The predicted molar refractivity (Wildman–Crippen MR) is 88.2 cm³/mol. The molecule has 0 aromatic heterocycles. The quantitative estimate of drug-likeness (QED) is 0.328. The van der Waals surface area contributed by atoms with Crippen molar-refractivity contribution in [1.82, 2.24) is 4.31 Å². The van der Waals surface area contributed by atoms with E-state index in [0.717, 1.165) is 55.7 Å². The van der Waals surface area contributed by atoms with E-state index in [0.29, 0.717) is 25.7 Å². The van der Waals surface area contributed by atoms with Crippen molar-refractivity contribution in [3.63, 3.8) is 0 Å². The minimum Gasteiger partial charge on any atom is -0.198 e. The molecule has 132 valence electrons. The largest absolute Gasteiger partial charge is 0.374 e. The van der Waals surface area contributed by atoms with Crippen molar-refractivity contribution in [2.45, 2.75) is 77.0 Å². The van der Waals surface area contributed by atoms with E-state index in [-0.39, 0.29) is 13.1 Å². The summed E-state index contributed by atoms with van der Waals surface area (Å²) in [4.78, 5) is 0. The highest BCUT2D eigenvalue weighted by Crippen LogP contribution is 2.12. The molecule has 0 aliphatic rings. The second kappa shape index (κ2) is 14.4. The smallest absolute Gasteiger partial charge is 0.198 e. The van der Waals surface area contributed by atoms with Gasteiger partial charge in [-0.25, -0.2) is 0 Å². The van der Waals surface area contributed by atoms with E-state index < -0.39 is 10.4 Å². The van der Waals surface area contributed by atoms with E-state index in [4.69, 9.17) is 10.5 Å². The lowest BCUT2D eigenvalue weighted by atomic mass is 10.1. The van der Waals surface area contributed by atoms with Gasteiger partial charge >= 0.3 is 10.4 Å². The number of unbranched alkanes of at least 4 members (excludes halogenated alkanes) is 10. The Morgan fingerprint density at radius 3 is 1.39 bits per heavy atom. The minimum absolute atomic E-state index is 0.228. The summed E-state index contributed by atoms with van der Waals surface area (Å²) in [5, 5.41) is 16.8. The average Bonchev–Trinajstić information content (AvgIpc) is 2.50. The number of nitrogens with zero attached hydrogens (tertiary/aromatic N) is 3. The molecule has 0 rings (SSSR count). The van der Waals surface area contributed by atoms with Gasteiger partial charge in [0, 0.05) is 25.9 Å². The van der Waals surface area contributed by atoms with E-state index in [9.17, 15) is 12.3 Å². The van der Waals surface area contributed by atoms with Crippen LogP contribution in [0.3, 0.4) is 0 Å². The van der Waals surface area contributed by atoms with Crippen molar-refractivity contribution in [2.24, 2.45) is 0 Å². The Kier molecular flexibility index (Phi) is 13.7. The van der Waals surface area contributed by atoms with Crippen LogP contribution >= 0.6 is 0 Å². The summed E-state index contributed by atoms with van der Waals surface area (Å²) in [5.74, 6) is 0. The molecule has 0 saturated carbocycles. The van der Waals surface area contributed by atoms with Gasteiger partial charge in [0.1, 0.15) is 0 Å². The molecule has 0 N–H and O–H groups in total. The first-order valence-corrected chi connectivity index (χ1v) is 9.80. The molecule has 0 aromatic rings. The van der Waals surface area contributed by atoms with E-state index in [1.165, 1.54) is 0 Å². The highest BCUT2D eigenvalue weighted by molar-refractivity contribution is 7.83. The van der Waals surface area contributed by atoms with Gasteiger partial charge < -0.3 is 0 Å². The topological polar surface area (TPSA) is 85.0 Å². The Hall–Kier alpha value is -1.18. The van der Waals surface area contributed by atoms with Crippen LogP contribution in [0.4, 0.5) is 3.89 Å². The third-order valence-electron chi connectivity index (χ3n) is 3.70. The van der Waals surface area contributed by atoms with Gasteiger partial charge in [-0.2, -0.15) is 23.2 Å². The molecule has 0 heterocycles. The van der Waals surface area contributed by atoms with Crippen molar-refractivity contribution in [3.8, 4) is 12.1 Å². The first-order valence-electron chi connectivity index (χ1n) is 8.46. The summed E-state index contributed by atoms with van der Waals surface area (Å²) < 4.78 is 36.4. The summed E-state index contributed by atoms with van der Waals surface area (Å²) >= 11 is 0. The van der Waals surface area contributed by atoms with E-state index in [1.54, 1.807) is 0 Å². The SMILES string of the molecule is N#CCCCCCCCN(CCCCCCCC#N)S(=O)(=O)F. The van der Waals surface area contributed by atoms with Crippen molar-refractivity contribution in [2.75, 3.05) is 13.1 Å². The molecule has 0 amide bonds. The van der Waals surface area contributed by atoms with Gasteiger partial charge in [0.2, 0.25) is 0 Å². The summed E-state index contributed by atoms with van der Waals surface area (Å²) in [7, 11) is -4.62. The molecule has 0 fully saturated rings. The van der Waals surface area contributed by atoms with Crippen LogP contribution in [-0.2, 0) is 10.4 Å². The lowest BCUT2D eigenvalue weighted by molar-refractivity contribution is 0.363. The Morgan fingerprint density at radius 1 is 0.696 bits per heavy atom. The normalized spacial score (nSPS) is 11.3. The molecule has 0 atom stereocenters. The Balaban J connectivity index is 3.79. The highest BCUT2D eigenvalue weighted by atomic mass is 32.3. The molecule has 0 saturated heterocycles. The fourth-order valence-electron chi connectivity index (χ4n) is 2.37. The molecule has 0 spiro atoms. The number of hydrogen-bond acceptors (Lipinski definition) is 4. The number of rotatable bonds is 15. The van der Waals surface area contributed by atoms with E-state index in [2.05, 4.69) is 12.1 Å². The maximum absolute atomic E-state index is 13.2. The Labute approximate surface area is 140 Å². The molecule has 5 nitrogen and oxygen atoms in total. The zero-order valence-electron chi connectivity index (χ0n) is 13.8. The van der Waals surface area contributed by atoms with Gasteiger partial charge in [-0.1, -0.05) is 42.4 Å². The van der Waals surface area contributed by atoms with E-state index in [1.807, 2.05) is 0 Å². The first kappa shape index (κ1) is 21.8. The zero-order chi connectivity index (χ0) is 17.4. The van der Waals surface area contributed by atoms with Crippen LogP contribution in [0.1, 0.15) is 77.0 Å². The number of halogens is 1. The summed E-state index contributed by atoms with van der Waals surface area (Å²) in [6, 6.07) is 4.18. The van der Waals surface area contributed by atoms with Crippen LogP contribution < -0.4 is 0 Å². The molecule has 0 aliphatic carbocycles. The van der Waals surface area contributed by atoms with E-state index >= 15 is 0 Å². The maximum Gasteiger partial charge on any atom is 0.374 e. The van der Waals surface area contributed by atoms with Gasteiger partial charge in [0.15, 0.2) is 0 Å². The monoisotopic (exact) mass is 345 g/mol. The van der Waals surface area contributed by atoms with Crippen LogP contribution in [0.2, 0.25) is 0 Å². The third kappa shape index (κ3) is 14.2. The summed E-state index contributed by atoms with van der Waals surface area (Å²) in [6.45, 7) is 0.455. The Bertz CT molecular complexity index is 441. The second-order valence-electron chi connectivity index (χ2n) is 5.69. The molecule has 0 unspecified atom stereocenters. The fourth-order valence-corrected chi connectivity index (χ4v) is 3.07. The van der Waals surface area contributed by atoms with Gasteiger partial charge in [0.05, 0.1) is 12.1 Å². The molecule has 0 bridgehead atoms. The van der Waals surface area contributed by atoms with Crippen molar-refractivity contribution >= 4 is 10.4 Å². The van der Waals surface area contributed by atoms with Gasteiger partial charge in [0.25, 0.3) is 0 Å². The van der Waals surface area contributed by atoms with Crippen molar-refractivity contribution in [1.29, 1.82) is 10.5 Å². The third-order valence-corrected chi connectivity index (χ3v) is 4.68. The van der Waals surface area contributed by atoms with Crippen molar-refractivity contribution in [3.05, 3.63) is 0 Å². The van der Waals surface area contributed by atoms with Crippen LogP contribution in [0.15, 0.2) is 0 Å². The van der Waals surface area contributed by atoms with Crippen LogP contribution in [0, 0.1) is 22.7 Å². The van der Waals surface area contributed by atoms with Gasteiger partial charge in [-0.15, -0.1) is 0 Å². The number of hydrogen-bond donors (Lipinski definition) is 0. The first-order chi connectivity index (χ1) is 11.0. The standard InChI is InChI=1S/C16H28FN3O2S/c17-23(21,22)20(15-11-7-3-1-5-9-13-18)16-12-8-4-2-6-10-14-19/h1-12,15-16H2. The minimum atomic E-state index is -4.62. The van der Waals surface area contributed by atoms with Crippen LogP contribution in [-0.4, -0.2) is 25.8 Å². The molecule has 23 heavy (non-hydrogen) atoms. The van der Waals surface area contributed by atoms with Gasteiger partial charge in [-0.05, 0) is 25.7 Å². The second-order valence-corrected chi connectivity index (χ2v) is 7.03. The van der Waals surface area contributed by atoms with Crippen LogP contribution in [0.25, 0.3) is 0 Å². The average molecular weight is 345 g/mol. The summed E-state index contributed by atoms with van der Waals surface area (Å²) in [5.41, 5.74) is 0. The molecule has 7 heteroatoms. The molecular weight excluding hydrogens is 317 g/mol. The highest BCUT2D eigenvalue weighted by Gasteiger charge is 2.19. The molecular formula is C16H28FN3O2S. The Morgan fingerprint density at radius 2 is 1.04 bits per heavy atom. The maximum atomic E-state index is 13.2. The fraction of sp³-hybridized carbons (Fsp3) is 0.875. The lowest BCUT2D eigenvalue weighted by Gasteiger charge is -2.17. The molecule has 0 aliphatic heterocycles. The number of nitriles is 2. The predicted octanol–water partition coefficient (Wildman–Crippen LogP) is 4.23. The van der Waals surface area contributed by atoms with Crippen LogP contribution in [0.5, 0.6) is 0 Å². The summed E-state index contributed by atoms with van der Waals surface area (Å²) in [6.07, 6.45) is 9.66. The van der Waals surface area contributed by atoms with Gasteiger partial charge in [-0.3, -0.25) is 0 Å². The molecule has 0 radical (unpaired) electrons. The lowest BCUT2D eigenvalue weighted by Crippen LogP contribution is -2.30. The zero-order valence-corrected chi connectivity index (χ0v) is 14.7.